The first-order chi connectivity index (χ1) is 19.1. The highest BCUT2D eigenvalue weighted by molar-refractivity contribution is 6.10. The molecule has 0 saturated carbocycles. The number of aromatic amines is 1. The van der Waals surface area contributed by atoms with Gasteiger partial charge in [0.1, 0.15) is 22.9 Å². The van der Waals surface area contributed by atoms with Gasteiger partial charge in [-0.25, -0.2) is 10.2 Å². The number of rotatable bonds is 8. The highest BCUT2D eigenvalue weighted by Crippen LogP contribution is 2.34. The van der Waals surface area contributed by atoms with Crippen molar-refractivity contribution in [1.82, 2.24) is 10.4 Å². The molecule has 0 radical (unpaired) electrons. The molecule has 8 heteroatoms. The van der Waals surface area contributed by atoms with Gasteiger partial charge in [-0.2, -0.15) is 5.10 Å². The number of fused-ring (bicyclic) bond motifs is 1. The third-order valence-electron chi connectivity index (χ3n) is 6.09. The lowest BCUT2D eigenvalue weighted by molar-refractivity contribution is 0.0733. The Morgan fingerprint density at radius 1 is 0.821 bits per heavy atom. The van der Waals surface area contributed by atoms with E-state index in [1.165, 1.54) is 13.3 Å². The lowest BCUT2D eigenvalue weighted by Gasteiger charge is -2.08. The smallest absolute Gasteiger partial charge is 0.343 e. The average molecular weight is 520 g/mol. The maximum Gasteiger partial charge on any atom is 0.343 e. The Kier molecular flexibility index (Phi) is 7.36. The van der Waals surface area contributed by atoms with E-state index in [0.717, 1.165) is 22.0 Å². The number of hydrazone groups is 1. The molecule has 0 spiro atoms. The van der Waals surface area contributed by atoms with Gasteiger partial charge in [-0.05, 0) is 54.1 Å². The number of benzene rings is 4. The van der Waals surface area contributed by atoms with Gasteiger partial charge < -0.3 is 19.2 Å². The van der Waals surface area contributed by atoms with E-state index in [-0.39, 0.29) is 0 Å². The van der Waals surface area contributed by atoms with Crippen LogP contribution < -0.4 is 19.6 Å². The number of amides is 1. The molecule has 0 aliphatic heterocycles. The number of hydrogen-bond acceptors (Lipinski definition) is 6. The van der Waals surface area contributed by atoms with Crippen LogP contribution in [0.4, 0.5) is 0 Å². The Morgan fingerprint density at radius 3 is 2.36 bits per heavy atom. The summed E-state index contributed by atoms with van der Waals surface area (Å²) in [5, 5.41) is 5.00. The van der Waals surface area contributed by atoms with Crippen molar-refractivity contribution in [1.29, 1.82) is 0 Å². The molecule has 1 amide bonds. The van der Waals surface area contributed by atoms with E-state index in [2.05, 4.69) is 15.5 Å². The number of nitrogens with zero attached hydrogens (tertiary/aromatic N) is 1. The number of H-pyrrole nitrogens is 1. The predicted molar refractivity (Wildman–Crippen MR) is 150 cm³/mol. The molecule has 0 bridgehead atoms. The molecule has 4 aromatic carbocycles. The molecule has 0 unspecified atom stereocenters. The second-order valence-corrected chi connectivity index (χ2v) is 8.51. The highest BCUT2D eigenvalue weighted by atomic mass is 16.5. The van der Waals surface area contributed by atoms with E-state index in [1.54, 1.807) is 55.6 Å². The minimum absolute atomic E-state index is 0.297. The molecular weight excluding hydrogens is 494 g/mol. The van der Waals surface area contributed by atoms with Crippen LogP contribution in [0.1, 0.15) is 26.4 Å². The molecule has 8 nitrogen and oxygen atoms in total. The van der Waals surface area contributed by atoms with Crippen LogP contribution >= 0.6 is 0 Å². The fourth-order valence-electron chi connectivity index (χ4n) is 4.18. The van der Waals surface area contributed by atoms with Gasteiger partial charge in [0, 0.05) is 22.0 Å². The van der Waals surface area contributed by atoms with Gasteiger partial charge >= 0.3 is 5.97 Å². The van der Waals surface area contributed by atoms with Gasteiger partial charge in [-0.15, -0.1) is 0 Å². The minimum atomic E-state index is -0.542. The largest absolute Gasteiger partial charge is 0.497 e. The Hall–Kier alpha value is -5.37. The Balaban J connectivity index is 1.39. The van der Waals surface area contributed by atoms with E-state index >= 15 is 0 Å². The summed E-state index contributed by atoms with van der Waals surface area (Å²) in [6.07, 6.45) is 1.43. The summed E-state index contributed by atoms with van der Waals surface area (Å²) in [4.78, 5) is 29.2. The van der Waals surface area contributed by atoms with E-state index in [9.17, 15) is 9.59 Å². The summed E-state index contributed by atoms with van der Waals surface area (Å²) in [6.45, 7) is 0. The molecule has 1 aromatic heterocycles. The summed E-state index contributed by atoms with van der Waals surface area (Å²) in [5.41, 5.74) is 6.21. The van der Waals surface area contributed by atoms with Crippen LogP contribution in [-0.2, 0) is 0 Å². The number of para-hydroxylation sites is 1. The Labute approximate surface area is 224 Å². The zero-order valence-corrected chi connectivity index (χ0v) is 21.3. The van der Waals surface area contributed by atoms with Crippen LogP contribution in [-0.4, -0.2) is 37.3 Å². The molecular formula is C31H25N3O5. The number of carbonyl (C=O) groups is 2. The predicted octanol–water partition coefficient (Wildman–Crippen LogP) is 5.84. The Morgan fingerprint density at radius 2 is 1.56 bits per heavy atom. The maximum absolute atomic E-state index is 13.3. The molecule has 39 heavy (non-hydrogen) atoms. The van der Waals surface area contributed by atoms with Crippen molar-refractivity contribution in [2.24, 2.45) is 5.10 Å². The first-order valence-electron chi connectivity index (χ1n) is 12.1. The van der Waals surface area contributed by atoms with Crippen LogP contribution in [0.2, 0.25) is 0 Å². The normalized spacial score (nSPS) is 10.9. The Bertz CT molecular complexity index is 1670. The zero-order valence-electron chi connectivity index (χ0n) is 21.3. The van der Waals surface area contributed by atoms with E-state index in [1.807, 2.05) is 48.5 Å². The number of esters is 1. The third kappa shape index (κ3) is 5.50. The molecule has 0 aliphatic rings. The van der Waals surface area contributed by atoms with Gasteiger partial charge in [-0.1, -0.05) is 48.5 Å². The molecule has 2 N–H and O–H groups in total. The summed E-state index contributed by atoms with van der Waals surface area (Å²) in [5.74, 6) is 0.563. The van der Waals surface area contributed by atoms with Crippen LogP contribution in [0, 0.1) is 0 Å². The van der Waals surface area contributed by atoms with Crippen LogP contribution in [0.15, 0.2) is 102 Å². The van der Waals surface area contributed by atoms with Crippen molar-refractivity contribution in [2.45, 2.75) is 0 Å². The molecule has 5 rings (SSSR count). The van der Waals surface area contributed by atoms with Crippen molar-refractivity contribution >= 4 is 29.0 Å². The van der Waals surface area contributed by atoms with Gasteiger partial charge in [0.05, 0.1) is 26.0 Å². The summed E-state index contributed by atoms with van der Waals surface area (Å²) in [6, 6.07) is 28.8. The fraction of sp³-hybridized carbons (Fsp3) is 0.0645. The minimum Gasteiger partial charge on any atom is -0.497 e. The number of ether oxygens (including phenoxy) is 3. The summed E-state index contributed by atoms with van der Waals surface area (Å²) < 4.78 is 16.2. The molecule has 5 aromatic rings. The number of aromatic nitrogens is 1. The molecule has 0 atom stereocenters. The summed E-state index contributed by atoms with van der Waals surface area (Å²) in [7, 11) is 3.13. The van der Waals surface area contributed by atoms with Crippen molar-refractivity contribution in [3.05, 3.63) is 114 Å². The molecule has 0 fully saturated rings. The SMILES string of the molecule is COc1cccc(C(=O)Oc2ccccc2C=NNC(=O)c2[nH]c3ccc(OC)cc3c2-c2ccccc2)c1. The van der Waals surface area contributed by atoms with E-state index < -0.39 is 11.9 Å². The summed E-state index contributed by atoms with van der Waals surface area (Å²) >= 11 is 0. The third-order valence-corrected chi connectivity index (χ3v) is 6.09. The second-order valence-electron chi connectivity index (χ2n) is 8.51. The van der Waals surface area contributed by atoms with Crippen molar-refractivity contribution in [3.8, 4) is 28.4 Å². The average Bonchev–Trinajstić information content (AvgIpc) is 3.37. The van der Waals surface area contributed by atoms with Gasteiger partial charge in [-0.3, -0.25) is 4.79 Å². The molecule has 0 saturated heterocycles. The first-order valence-corrected chi connectivity index (χ1v) is 12.1. The van der Waals surface area contributed by atoms with Crippen LogP contribution in [0.5, 0.6) is 17.2 Å². The van der Waals surface area contributed by atoms with Gasteiger partial charge in [0.15, 0.2) is 0 Å². The number of nitrogens with one attached hydrogen (secondary N) is 2. The van der Waals surface area contributed by atoms with Gasteiger partial charge in [0.25, 0.3) is 5.91 Å². The first kappa shape index (κ1) is 25.3. The van der Waals surface area contributed by atoms with Crippen molar-refractivity contribution in [2.75, 3.05) is 14.2 Å². The lowest BCUT2D eigenvalue weighted by atomic mass is 10.0. The number of hydrogen-bond donors (Lipinski definition) is 2. The van der Waals surface area contributed by atoms with Crippen molar-refractivity contribution < 1.29 is 23.8 Å². The fourth-order valence-corrected chi connectivity index (χ4v) is 4.18. The highest BCUT2D eigenvalue weighted by Gasteiger charge is 2.20. The second kappa shape index (κ2) is 11.4. The van der Waals surface area contributed by atoms with Crippen molar-refractivity contribution in [3.63, 3.8) is 0 Å². The monoisotopic (exact) mass is 519 g/mol. The zero-order chi connectivity index (χ0) is 27.2. The van der Waals surface area contributed by atoms with E-state index in [0.29, 0.717) is 34.1 Å². The van der Waals surface area contributed by atoms with Gasteiger partial charge in [0.2, 0.25) is 0 Å². The van der Waals surface area contributed by atoms with Crippen LogP contribution in [0.25, 0.3) is 22.0 Å². The standard InChI is InChI=1S/C31H25N3O5/c1-37-23-13-8-12-21(17-23)31(36)39-27-14-7-6-11-22(27)19-32-34-30(35)29-28(20-9-4-3-5-10-20)25-18-24(38-2)15-16-26(25)33-29/h3-19,33H,1-2H3,(H,34,35). The van der Waals surface area contributed by atoms with E-state index in [4.69, 9.17) is 14.2 Å². The molecule has 0 aliphatic carbocycles. The maximum atomic E-state index is 13.3. The quantitative estimate of drug-likeness (QED) is 0.116. The number of methoxy groups -OCH3 is 2. The lowest BCUT2D eigenvalue weighted by Crippen LogP contribution is -2.19. The molecule has 1 heterocycles. The topological polar surface area (TPSA) is 102 Å². The molecule has 194 valence electrons. The van der Waals surface area contributed by atoms with Crippen LogP contribution in [0.3, 0.4) is 0 Å². The number of carbonyl (C=O) groups excluding carboxylic acids is 2.